The van der Waals surface area contributed by atoms with Crippen LogP contribution in [0.15, 0.2) is 24.5 Å². The second-order valence-corrected chi connectivity index (χ2v) is 8.55. The average Bonchev–Trinajstić information content (AvgIpc) is 3.10. The lowest BCUT2D eigenvalue weighted by Crippen LogP contribution is -2.59. The van der Waals surface area contributed by atoms with E-state index < -0.39 is 5.60 Å². The average molecular weight is 367 g/mol. The highest BCUT2D eigenvalue weighted by Gasteiger charge is 2.54. The van der Waals surface area contributed by atoms with Gasteiger partial charge in [0.05, 0.1) is 18.4 Å². The van der Waals surface area contributed by atoms with E-state index in [4.69, 9.17) is 4.74 Å². The van der Waals surface area contributed by atoms with Gasteiger partial charge in [-0.15, -0.1) is 0 Å². The first-order valence-corrected chi connectivity index (χ1v) is 9.76. The van der Waals surface area contributed by atoms with E-state index in [2.05, 4.69) is 15.3 Å². The number of hydrogen-bond acceptors (Lipinski definition) is 5. The maximum Gasteiger partial charge on any atom is 0.330 e. The molecule has 4 bridgehead atoms. The summed E-state index contributed by atoms with van der Waals surface area (Å²) in [6, 6.07) is 2.37. The molecule has 4 aliphatic carbocycles. The highest BCUT2D eigenvalue weighted by atomic mass is 16.5. The summed E-state index contributed by atoms with van der Waals surface area (Å²) in [5.41, 5.74) is 2.27. The van der Waals surface area contributed by atoms with E-state index in [1.807, 2.05) is 12.3 Å². The predicted octanol–water partition coefficient (Wildman–Crippen LogP) is 3.10. The summed E-state index contributed by atoms with van der Waals surface area (Å²) in [7, 11) is 1.37. The van der Waals surface area contributed by atoms with Crippen molar-refractivity contribution in [2.24, 2.45) is 17.8 Å². The van der Waals surface area contributed by atoms with Crippen LogP contribution in [0.25, 0.3) is 17.1 Å². The minimum absolute atomic E-state index is 0.354. The Kier molecular flexibility index (Phi) is 3.79. The predicted molar refractivity (Wildman–Crippen MR) is 103 cm³/mol. The molecule has 4 saturated carbocycles. The van der Waals surface area contributed by atoms with E-state index >= 15 is 0 Å². The number of carbonyl (C=O) groups excluding carboxylic acids is 1. The van der Waals surface area contributed by atoms with Gasteiger partial charge in [0.1, 0.15) is 5.65 Å². The number of ether oxygens (including phenoxy) is 1. The van der Waals surface area contributed by atoms with Crippen molar-refractivity contribution in [3.8, 4) is 0 Å². The molecule has 0 aliphatic heterocycles. The maximum atomic E-state index is 11.6. The fourth-order valence-electron chi connectivity index (χ4n) is 5.92. The second-order valence-electron chi connectivity index (χ2n) is 8.55. The zero-order valence-corrected chi connectivity index (χ0v) is 15.4. The van der Waals surface area contributed by atoms with Gasteiger partial charge in [-0.25, -0.2) is 9.78 Å². The standard InChI is InChI=1S/C21H25N3O3/c1-27-17(25)3-2-13-11-23-20-16(4-5-22-20)19(13)24-18-14-6-12-7-15(18)10-21(26,8-12)9-14/h2-5,11-12,14-15,18,26H,6-10H2,1H3,(H2,22,23,24)/b3-2+/t12?,14?,15?,18-,21+. The van der Waals surface area contributed by atoms with Crippen molar-refractivity contribution >= 4 is 28.8 Å². The van der Waals surface area contributed by atoms with Crippen molar-refractivity contribution in [3.05, 3.63) is 30.1 Å². The Hall–Kier alpha value is -2.34. The van der Waals surface area contributed by atoms with Crippen LogP contribution in [0.5, 0.6) is 0 Å². The van der Waals surface area contributed by atoms with Gasteiger partial charge in [-0.3, -0.25) is 0 Å². The third-order valence-corrected chi connectivity index (χ3v) is 6.77. The van der Waals surface area contributed by atoms with Gasteiger partial charge in [0.2, 0.25) is 0 Å². The lowest BCUT2D eigenvalue weighted by molar-refractivity contribution is -0.134. The number of fused-ring (bicyclic) bond motifs is 1. The Morgan fingerprint density at radius 1 is 1.37 bits per heavy atom. The zero-order chi connectivity index (χ0) is 18.6. The normalized spacial score (nSPS) is 34.4. The van der Waals surface area contributed by atoms with Crippen LogP contribution in [0, 0.1) is 17.8 Å². The summed E-state index contributed by atoms with van der Waals surface area (Å²) in [6.45, 7) is 0. The number of anilines is 1. The number of aliphatic hydroxyl groups is 1. The van der Waals surface area contributed by atoms with Crippen LogP contribution in [0.3, 0.4) is 0 Å². The molecule has 0 spiro atoms. The number of pyridine rings is 1. The van der Waals surface area contributed by atoms with Gasteiger partial charge in [-0.2, -0.15) is 0 Å². The molecule has 2 atom stereocenters. The lowest BCUT2D eigenvalue weighted by Gasteiger charge is -2.58. The van der Waals surface area contributed by atoms with Crippen LogP contribution >= 0.6 is 0 Å². The molecule has 4 aliphatic rings. The van der Waals surface area contributed by atoms with Gasteiger partial charge in [-0.1, -0.05) is 0 Å². The number of esters is 1. The summed E-state index contributed by atoms with van der Waals surface area (Å²) < 4.78 is 4.72. The summed E-state index contributed by atoms with van der Waals surface area (Å²) >= 11 is 0. The Balaban J connectivity index is 1.50. The number of nitrogens with one attached hydrogen (secondary N) is 2. The molecule has 4 fully saturated rings. The fourth-order valence-corrected chi connectivity index (χ4v) is 5.92. The molecule has 0 saturated heterocycles. The molecule has 27 heavy (non-hydrogen) atoms. The first-order valence-electron chi connectivity index (χ1n) is 9.76. The molecule has 2 unspecified atom stereocenters. The first-order chi connectivity index (χ1) is 13.0. The SMILES string of the molecule is COC(=O)/C=C/c1cnc2[nH]ccc2c1N[C@H]1C2CC3CC1C[C@@](O)(C3)C2. The van der Waals surface area contributed by atoms with Gasteiger partial charge in [0, 0.05) is 35.5 Å². The molecular formula is C21H25N3O3. The number of aromatic nitrogens is 2. The van der Waals surface area contributed by atoms with Gasteiger partial charge < -0.3 is 20.1 Å². The monoisotopic (exact) mass is 367 g/mol. The molecular weight excluding hydrogens is 342 g/mol. The summed E-state index contributed by atoms with van der Waals surface area (Å²) in [5, 5.41) is 15.7. The van der Waals surface area contributed by atoms with E-state index in [1.54, 1.807) is 12.3 Å². The largest absolute Gasteiger partial charge is 0.466 e. The third kappa shape index (κ3) is 2.83. The van der Waals surface area contributed by atoms with Crippen molar-refractivity contribution in [1.29, 1.82) is 0 Å². The summed E-state index contributed by atoms with van der Waals surface area (Å²) in [4.78, 5) is 19.2. The number of hydrogen-bond donors (Lipinski definition) is 3. The minimum atomic E-state index is -0.441. The van der Waals surface area contributed by atoms with Crippen LogP contribution in [-0.4, -0.2) is 39.8 Å². The second kappa shape index (κ2) is 6.09. The summed E-state index contributed by atoms with van der Waals surface area (Å²) in [5.74, 6) is 1.29. The van der Waals surface area contributed by atoms with E-state index in [9.17, 15) is 9.90 Å². The highest BCUT2D eigenvalue weighted by Crippen LogP contribution is 2.56. The minimum Gasteiger partial charge on any atom is -0.466 e. The Morgan fingerprint density at radius 3 is 2.85 bits per heavy atom. The quantitative estimate of drug-likeness (QED) is 0.571. The van der Waals surface area contributed by atoms with Gasteiger partial charge in [0.15, 0.2) is 0 Å². The Bertz CT molecular complexity index is 903. The zero-order valence-electron chi connectivity index (χ0n) is 15.4. The molecule has 2 heterocycles. The van der Waals surface area contributed by atoms with E-state index in [-0.39, 0.29) is 5.97 Å². The fraction of sp³-hybridized carbons (Fsp3) is 0.524. The van der Waals surface area contributed by atoms with Crippen LogP contribution in [0.4, 0.5) is 5.69 Å². The van der Waals surface area contributed by atoms with Crippen LogP contribution < -0.4 is 5.32 Å². The van der Waals surface area contributed by atoms with Gasteiger partial charge in [-0.05, 0) is 62.0 Å². The number of carbonyl (C=O) groups is 1. The van der Waals surface area contributed by atoms with Crippen molar-refractivity contribution in [1.82, 2.24) is 9.97 Å². The molecule has 142 valence electrons. The smallest absolute Gasteiger partial charge is 0.330 e. The molecule has 6 rings (SSSR count). The molecule has 6 nitrogen and oxygen atoms in total. The van der Waals surface area contributed by atoms with E-state index in [0.717, 1.165) is 41.5 Å². The molecule has 2 aromatic rings. The van der Waals surface area contributed by atoms with E-state index in [0.29, 0.717) is 23.8 Å². The molecule has 3 N–H and O–H groups in total. The first kappa shape index (κ1) is 16.8. The van der Waals surface area contributed by atoms with Crippen LogP contribution in [0.2, 0.25) is 0 Å². The maximum absolute atomic E-state index is 11.6. The third-order valence-electron chi connectivity index (χ3n) is 6.77. The van der Waals surface area contributed by atoms with Crippen molar-refractivity contribution in [3.63, 3.8) is 0 Å². The highest BCUT2D eigenvalue weighted by molar-refractivity contribution is 5.96. The number of aromatic amines is 1. The number of nitrogens with zero attached hydrogens (tertiary/aromatic N) is 1. The van der Waals surface area contributed by atoms with Gasteiger partial charge in [0.25, 0.3) is 0 Å². The number of methoxy groups -OCH3 is 1. The number of H-pyrrole nitrogens is 1. The van der Waals surface area contributed by atoms with Crippen LogP contribution in [-0.2, 0) is 9.53 Å². The molecule has 0 radical (unpaired) electrons. The van der Waals surface area contributed by atoms with Crippen molar-refractivity contribution in [2.45, 2.75) is 43.7 Å². The molecule has 0 aromatic carbocycles. The van der Waals surface area contributed by atoms with Gasteiger partial charge >= 0.3 is 5.97 Å². The summed E-state index contributed by atoms with van der Waals surface area (Å²) in [6.07, 6.45) is 12.0. The topological polar surface area (TPSA) is 87.2 Å². The van der Waals surface area contributed by atoms with Crippen LogP contribution in [0.1, 0.15) is 37.7 Å². The van der Waals surface area contributed by atoms with E-state index in [1.165, 1.54) is 26.0 Å². The number of rotatable bonds is 4. The molecule has 2 aromatic heterocycles. The lowest BCUT2D eigenvalue weighted by atomic mass is 9.52. The van der Waals surface area contributed by atoms with Crippen molar-refractivity contribution < 1.29 is 14.6 Å². The molecule has 6 heteroatoms. The Labute approximate surface area is 158 Å². The van der Waals surface area contributed by atoms with Crippen molar-refractivity contribution in [2.75, 3.05) is 12.4 Å². The molecule has 0 amide bonds. The Morgan fingerprint density at radius 2 is 2.15 bits per heavy atom.